The van der Waals surface area contributed by atoms with Crippen molar-refractivity contribution in [3.8, 4) is 0 Å². The van der Waals surface area contributed by atoms with Crippen LogP contribution in [0.25, 0.3) is 0 Å². The van der Waals surface area contributed by atoms with Crippen LogP contribution in [-0.2, 0) is 19.6 Å². The molecule has 0 spiro atoms. The molecule has 0 unspecified atom stereocenters. The Bertz CT molecular complexity index is 947. The molecule has 9 heteroatoms. The Morgan fingerprint density at radius 1 is 1.03 bits per heavy atom. The van der Waals surface area contributed by atoms with Crippen molar-refractivity contribution in [1.29, 1.82) is 0 Å². The lowest BCUT2D eigenvalue weighted by Gasteiger charge is -2.40. The number of nitrogens with one attached hydrogen (secondary N) is 2. The summed E-state index contributed by atoms with van der Waals surface area (Å²) in [7, 11) is -1.10. The monoisotopic (exact) mass is 509 g/mol. The van der Waals surface area contributed by atoms with Crippen LogP contribution in [0.5, 0.6) is 0 Å². The number of carbonyl (C=O) groups excluding carboxylic acids is 2. The van der Waals surface area contributed by atoms with Crippen molar-refractivity contribution in [2.45, 2.75) is 78.9 Å². The number of carbonyl (C=O) groups is 2. The zero-order valence-corrected chi connectivity index (χ0v) is 23.7. The van der Waals surface area contributed by atoms with Gasteiger partial charge in [0.2, 0.25) is 11.8 Å². The molecule has 1 rings (SSSR count). The van der Waals surface area contributed by atoms with E-state index in [1.54, 1.807) is 14.1 Å². The van der Waals surface area contributed by atoms with Gasteiger partial charge in [0.25, 0.3) is 0 Å². The maximum absolute atomic E-state index is 13.7. The minimum Gasteiger partial charge on any atom is -0.342 e. The molecule has 0 saturated heterocycles. The second-order valence-corrected chi connectivity index (χ2v) is 12.9. The van der Waals surface area contributed by atoms with E-state index in [-0.39, 0.29) is 23.0 Å². The largest absolute Gasteiger partial charge is 0.351 e. The van der Waals surface area contributed by atoms with E-state index in [2.05, 4.69) is 10.6 Å². The Hall–Kier alpha value is -1.99. The number of rotatable bonds is 10. The number of nitrogens with zero attached hydrogens (tertiary/aromatic N) is 1. The van der Waals surface area contributed by atoms with Gasteiger partial charge >= 0.3 is 7.60 Å². The molecule has 0 heterocycles. The molecule has 4 N–H and O–H groups in total. The van der Waals surface area contributed by atoms with E-state index >= 15 is 0 Å². The normalized spacial score (nSPS) is 16.0. The molecular weight excluding hydrogens is 465 g/mol. The summed E-state index contributed by atoms with van der Waals surface area (Å²) in [4.78, 5) is 47.8. The molecular formula is C26H44N3O5P. The summed E-state index contributed by atoms with van der Waals surface area (Å²) in [5, 5.41) is 6.00. The Labute approximate surface area is 210 Å². The molecule has 198 valence electrons. The van der Waals surface area contributed by atoms with Gasteiger partial charge in [-0.05, 0) is 30.9 Å². The number of amides is 2. The van der Waals surface area contributed by atoms with E-state index in [4.69, 9.17) is 0 Å². The van der Waals surface area contributed by atoms with Crippen LogP contribution in [0.1, 0.15) is 61.0 Å². The highest BCUT2D eigenvalue weighted by Gasteiger charge is 2.41. The molecule has 8 nitrogen and oxygen atoms in total. The molecule has 2 amide bonds. The molecule has 0 aliphatic heterocycles. The minimum absolute atomic E-state index is 0.0907. The van der Waals surface area contributed by atoms with E-state index in [0.29, 0.717) is 0 Å². The van der Waals surface area contributed by atoms with Gasteiger partial charge in [0.1, 0.15) is 6.04 Å². The summed E-state index contributed by atoms with van der Waals surface area (Å²) in [6.07, 6.45) is 1.44. The van der Waals surface area contributed by atoms with Gasteiger partial charge in [0.15, 0.2) is 0 Å². The first kappa shape index (κ1) is 31.0. The molecule has 0 fully saturated rings. The molecule has 35 heavy (non-hydrogen) atoms. The first-order chi connectivity index (χ1) is 15.9. The van der Waals surface area contributed by atoms with Gasteiger partial charge in [0, 0.05) is 17.8 Å². The summed E-state index contributed by atoms with van der Waals surface area (Å²) < 4.78 is 11.7. The van der Waals surface area contributed by atoms with E-state index in [1.165, 1.54) is 17.9 Å². The Kier molecular flexibility index (Phi) is 10.5. The zero-order valence-electron chi connectivity index (χ0n) is 22.8. The van der Waals surface area contributed by atoms with Gasteiger partial charge < -0.3 is 25.3 Å². The lowest BCUT2D eigenvalue weighted by atomic mass is 9.76. The molecule has 0 bridgehead atoms. The zero-order chi connectivity index (χ0) is 27.4. The molecule has 1 aromatic rings. The fourth-order valence-electron chi connectivity index (χ4n) is 4.17. The van der Waals surface area contributed by atoms with Crippen LogP contribution in [0.3, 0.4) is 0 Å². The van der Waals surface area contributed by atoms with Crippen LogP contribution in [0.15, 0.2) is 41.7 Å². The van der Waals surface area contributed by atoms with Crippen LogP contribution in [0.4, 0.5) is 0 Å². The average molecular weight is 510 g/mol. The number of hydrogen-bond acceptors (Lipinski definition) is 4. The third-order valence-electron chi connectivity index (χ3n) is 6.54. The number of likely N-dealkylation sites (N-methyl/N-ethyl adjacent to an activating group) is 2. The van der Waals surface area contributed by atoms with Crippen molar-refractivity contribution in [3.05, 3.63) is 47.3 Å². The third kappa shape index (κ3) is 8.01. The fraction of sp³-hybridized carbons (Fsp3) is 0.615. The van der Waals surface area contributed by atoms with Crippen molar-refractivity contribution >= 4 is 19.4 Å². The van der Waals surface area contributed by atoms with Gasteiger partial charge in [-0.25, -0.2) is 0 Å². The highest BCUT2D eigenvalue weighted by molar-refractivity contribution is 7.56. The van der Waals surface area contributed by atoms with Crippen LogP contribution in [0.2, 0.25) is 0 Å². The first-order valence-electron chi connectivity index (χ1n) is 11.9. The van der Waals surface area contributed by atoms with Crippen LogP contribution in [-0.4, -0.2) is 58.7 Å². The second kappa shape index (κ2) is 11.8. The second-order valence-electron chi connectivity index (χ2n) is 11.2. The summed E-state index contributed by atoms with van der Waals surface area (Å²) >= 11 is 0. The quantitative estimate of drug-likeness (QED) is 0.358. The molecule has 1 aromatic carbocycles. The third-order valence-corrected chi connectivity index (χ3v) is 7.61. The first-order valence-corrected chi connectivity index (χ1v) is 13.5. The van der Waals surface area contributed by atoms with Gasteiger partial charge in [-0.1, -0.05) is 84.9 Å². The van der Waals surface area contributed by atoms with Crippen LogP contribution >= 0.6 is 7.60 Å². The fourth-order valence-corrected chi connectivity index (χ4v) is 4.52. The predicted octanol–water partition coefficient (Wildman–Crippen LogP) is 3.65. The maximum atomic E-state index is 13.7. The molecule has 0 saturated carbocycles. The van der Waals surface area contributed by atoms with Gasteiger partial charge in [0.05, 0.1) is 12.1 Å². The van der Waals surface area contributed by atoms with Gasteiger partial charge in [-0.15, -0.1) is 0 Å². The van der Waals surface area contributed by atoms with Crippen molar-refractivity contribution in [2.75, 3.05) is 14.1 Å². The highest BCUT2D eigenvalue weighted by atomic mass is 31.2. The standard InChI is InChI=1S/C26H44N3O5P/c1-17(2)20(16-18(3)35(32,33)34)29(10)24(31)22(25(4,5)6)28-23(30)21(27-9)26(7,8)19-14-12-11-13-15-19/h11-17,20-22,27H,1-10H3,(H,28,30)(H2,32,33,34)/t20-,21-,22-/m1/s1. The summed E-state index contributed by atoms with van der Waals surface area (Å²) in [6.45, 7) is 14.7. The molecule has 0 radical (unpaired) electrons. The summed E-state index contributed by atoms with van der Waals surface area (Å²) in [5.74, 6) is -0.735. The molecule has 0 aliphatic rings. The van der Waals surface area contributed by atoms with Crippen LogP contribution < -0.4 is 10.6 Å². The lowest BCUT2D eigenvalue weighted by Crippen LogP contribution is -2.61. The Morgan fingerprint density at radius 3 is 1.94 bits per heavy atom. The molecule has 3 atom stereocenters. The molecule has 0 aliphatic carbocycles. The van der Waals surface area contributed by atoms with Crippen molar-refractivity contribution in [3.63, 3.8) is 0 Å². The van der Waals surface area contributed by atoms with Crippen molar-refractivity contribution in [2.24, 2.45) is 11.3 Å². The maximum Gasteiger partial charge on any atom is 0.351 e. The average Bonchev–Trinajstić information content (AvgIpc) is 2.73. The predicted molar refractivity (Wildman–Crippen MR) is 141 cm³/mol. The van der Waals surface area contributed by atoms with E-state index in [9.17, 15) is 23.9 Å². The van der Waals surface area contributed by atoms with Crippen LogP contribution in [0, 0.1) is 11.3 Å². The van der Waals surface area contributed by atoms with Crippen molar-refractivity contribution < 1.29 is 23.9 Å². The SMILES string of the molecule is CN[C@H](C(=O)N[C@H](C(=O)N(C)[C@H](C=C(C)P(=O)(O)O)C(C)C)C(C)(C)C)C(C)(C)c1ccccc1. The topological polar surface area (TPSA) is 119 Å². The van der Waals surface area contributed by atoms with Gasteiger partial charge in [-0.2, -0.15) is 0 Å². The smallest absolute Gasteiger partial charge is 0.342 e. The minimum atomic E-state index is -4.42. The number of hydrogen-bond donors (Lipinski definition) is 4. The Balaban J connectivity index is 3.32. The van der Waals surface area contributed by atoms with E-state index in [0.717, 1.165) is 5.56 Å². The van der Waals surface area contributed by atoms with Gasteiger partial charge in [-0.3, -0.25) is 14.2 Å². The van der Waals surface area contributed by atoms with E-state index < -0.39 is 36.6 Å². The number of allylic oxidation sites excluding steroid dienone is 1. The summed E-state index contributed by atoms with van der Waals surface area (Å²) in [6, 6.07) is 7.71. The highest BCUT2D eigenvalue weighted by Crippen LogP contribution is 2.45. The Morgan fingerprint density at radius 2 is 1.54 bits per heavy atom. The summed E-state index contributed by atoms with van der Waals surface area (Å²) in [5.41, 5.74) is -0.177. The number of benzene rings is 1. The molecule has 0 aromatic heterocycles. The van der Waals surface area contributed by atoms with Crippen molar-refractivity contribution in [1.82, 2.24) is 15.5 Å². The lowest BCUT2D eigenvalue weighted by molar-refractivity contribution is -0.140. The van der Waals surface area contributed by atoms with E-state index in [1.807, 2.05) is 78.8 Å².